The summed E-state index contributed by atoms with van der Waals surface area (Å²) in [4.78, 5) is 30.1. The minimum absolute atomic E-state index is 0.0166. The van der Waals surface area contributed by atoms with Gasteiger partial charge in [0.15, 0.2) is 41.6 Å². The number of carbonyl (C=O) groups excluding carboxylic acids is 2. The van der Waals surface area contributed by atoms with E-state index in [1.54, 1.807) is 7.11 Å². The molecule has 0 spiro atoms. The summed E-state index contributed by atoms with van der Waals surface area (Å²) in [5.41, 5.74) is 4.24. The van der Waals surface area contributed by atoms with E-state index in [4.69, 9.17) is 36.3 Å². The van der Waals surface area contributed by atoms with Gasteiger partial charge in [0.25, 0.3) is 0 Å². The highest BCUT2D eigenvalue weighted by molar-refractivity contribution is 6.76. The Hall–Kier alpha value is -2.72. The molecule has 544 valence electrons. The van der Waals surface area contributed by atoms with Crippen LogP contribution in [0.2, 0.25) is 90.2 Å². The van der Waals surface area contributed by atoms with Crippen molar-refractivity contribution in [1.82, 2.24) is 4.90 Å². The molecular weight excluding hydrogens is 1270 g/mol. The maximum Gasteiger partial charge on any atom is 0.416 e. The third-order valence-corrected chi connectivity index (χ3v) is 47.3. The monoisotopic (exact) mass is 1410 g/mol. The molecule has 1 heterocycles. The van der Waals surface area contributed by atoms with E-state index in [-0.39, 0.29) is 77.8 Å². The molecule has 1 aliphatic heterocycles. The number of hydrogen-bond acceptors (Lipinski definition) is 11. The Morgan fingerprint density at radius 2 is 1.18 bits per heavy atom. The summed E-state index contributed by atoms with van der Waals surface area (Å²) in [6, 6.07) is 26.5. The Kier molecular flexibility index (Phi) is 35.9. The number of amides is 2. The zero-order chi connectivity index (χ0) is 72.0. The zero-order valence-electron chi connectivity index (χ0n) is 65.6. The maximum atomic E-state index is 15.1. The van der Waals surface area contributed by atoms with Gasteiger partial charge in [-0.3, -0.25) is 4.79 Å². The Balaban J connectivity index is 2.17. The van der Waals surface area contributed by atoms with Gasteiger partial charge in [-0.05, 0) is 146 Å². The number of ether oxygens (including phenoxy) is 3. The molecule has 14 atom stereocenters. The fraction of sp³-hybridized carbons (Fsp3) is 0.769. The van der Waals surface area contributed by atoms with Gasteiger partial charge in [-0.2, -0.15) is 0 Å². The first-order valence-corrected chi connectivity index (χ1v) is 50.5. The van der Waals surface area contributed by atoms with Crippen LogP contribution in [0, 0.1) is 53.3 Å². The second-order valence-electron chi connectivity index (χ2n) is 31.3. The summed E-state index contributed by atoms with van der Waals surface area (Å²) in [5.74, 6) is 6.55. The molecule has 2 aromatic carbocycles. The Labute approximate surface area is 587 Å². The maximum absolute atomic E-state index is 15.1. The molecule has 0 saturated carbocycles. The highest BCUT2D eigenvalue weighted by Gasteiger charge is 2.49. The molecule has 2 amide bonds. The second kappa shape index (κ2) is 39.5. The Bertz CT molecular complexity index is 2610. The third-order valence-electron chi connectivity index (χ3n) is 23.6. The van der Waals surface area contributed by atoms with Crippen LogP contribution < -0.4 is 4.74 Å². The molecule has 3 rings (SSSR count). The fourth-order valence-electron chi connectivity index (χ4n) is 14.4. The van der Waals surface area contributed by atoms with Crippen LogP contribution in [-0.2, 0) is 49.4 Å². The zero-order valence-corrected chi connectivity index (χ0v) is 70.6. The van der Waals surface area contributed by atoms with Gasteiger partial charge in [-0.1, -0.05) is 218 Å². The van der Waals surface area contributed by atoms with E-state index in [1.165, 1.54) is 10.5 Å². The van der Waals surface area contributed by atoms with E-state index < -0.39 is 78.0 Å². The van der Waals surface area contributed by atoms with Gasteiger partial charge >= 0.3 is 6.09 Å². The molecule has 1 saturated heterocycles. The molecule has 12 nitrogen and oxygen atoms in total. The van der Waals surface area contributed by atoms with Gasteiger partial charge in [0.2, 0.25) is 5.91 Å². The first kappa shape index (κ1) is 86.5. The van der Waals surface area contributed by atoms with E-state index in [1.807, 2.05) is 49.4 Å². The lowest BCUT2D eigenvalue weighted by atomic mass is 9.81. The molecule has 17 heteroatoms. The van der Waals surface area contributed by atoms with Crippen molar-refractivity contribution in [3.8, 4) is 17.6 Å². The van der Waals surface area contributed by atoms with E-state index in [0.717, 1.165) is 77.7 Å². The molecule has 2 aromatic rings. The molecular formula is C78H141NO11Si5. The largest absolute Gasteiger partial charge is 0.497 e. The molecule has 0 aromatic heterocycles. The lowest BCUT2D eigenvalue weighted by Crippen LogP contribution is -2.54. The van der Waals surface area contributed by atoms with Crippen molar-refractivity contribution in [2.45, 2.75) is 325 Å². The average Bonchev–Trinajstić information content (AvgIpc) is 1.77. The molecule has 1 aliphatic rings. The predicted octanol–water partition coefficient (Wildman–Crippen LogP) is 20.7. The predicted molar refractivity (Wildman–Crippen MR) is 411 cm³/mol. The van der Waals surface area contributed by atoms with Crippen LogP contribution >= 0.6 is 0 Å². The smallest absolute Gasteiger partial charge is 0.416 e. The van der Waals surface area contributed by atoms with E-state index in [0.29, 0.717) is 30.7 Å². The van der Waals surface area contributed by atoms with Crippen LogP contribution in [0.5, 0.6) is 5.75 Å². The lowest BCUT2D eigenvalue weighted by Gasteiger charge is -2.45. The van der Waals surface area contributed by atoms with Gasteiger partial charge in [0.05, 0.1) is 56.2 Å². The van der Waals surface area contributed by atoms with E-state index in [9.17, 15) is 9.90 Å². The fourth-order valence-corrected chi connectivity index (χ4v) is 27.4. The van der Waals surface area contributed by atoms with Crippen LogP contribution in [0.1, 0.15) is 190 Å². The number of rotatable bonds is 43. The van der Waals surface area contributed by atoms with E-state index >= 15 is 4.79 Å². The van der Waals surface area contributed by atoms with Crippen LogP contribution in [0.3, 0.4) is 0 Å². The summed E-state index contributed by atoms with van der Waals surface area (Å²) >= 11 is 0. The van der Waals surface area contributed by atoms with Crippen molar-refractivity contribution in [1.29, 1.82) is 0 Å². The number of cyclic esters (lactones) is 1. The molecule has 0 bridgehead atoms. The molecule has 1 fully saturated rings. The van der Waals surface area contributed by atoms with Gasteiger partial charge < -0.3 is 41.4 Å². The number of carbonyl (C=O) groups is 2. The SMILES string of the molecule is CC[Si](CC)(CC)OC[C@@H](C)[C@@H](OCc1ccc(OC)cc1)[C@H](C)[C@@H](O[Si](C)(C(C)C)C(C)C)[C@H](C)C/C(C)=C\[C@@H](C)[C@H](O[Si](C)(C)C(C)(C)C)[C@H](C)C#C[C@H](O)C[C@@H](O[Si](CC)(CC)CC)[C@@H](C)[C@@H](O[Si](CC)(CC)CC)[C@H](C)C(=O)N1C(=O)OC[C@@H]1Cc1ccccc1. The summed E-state index contributed by atoms with van der Waals surface area (Å²) in [6.07, 6.45) is 0.790. The second-order valence-corrected chi connectivity index (χ2v) is 55.2. The molecule has 95 heavy (non-hydrogen) atoms. The number of benzene rings is 2. The van der Waals surface area contributed by atoms with Crippen LogP contribution in [0.25, 0.3) is 0 Å². The topological polar surface area (TPSA) is 131 Å². The average molecular weight is 1410 g/mol. The van der Waals surface area contributed by atoms with Gasteiger partial charge in [0, 0.05) is 42.6 Å². The number of hydrogen-bond donors (Lipinski definition) is 1. The van der Waals surface area contributed by atoms with Crippen LogP contribution in [-0.4, -0.2) is 127 Å². The summed E-state index contributed by atoms with van der Waals surface area (Å²) in [7, 11) is -9.58. The minimum atomic E-state index is -2.38. The number of nitrogens with zero attached hydrogens (tertiary/aromatic N) is 1. The van der Waals surface area contributed by atoms with Crippen molar-refractivity contribution in [3.63, 3.8) is 0 Å². The van der Waals surface area contributed by atoms with Gasteiger partial charge in [-0.15, -0.1) is 0 Å². The number of methoxy groups -OCH3 is 1. The van der Waals surface area contributed by atoms with Crippen molar-refractivity contribution < 1.29 is 51.0 Å². The number of aliphatic hydroxyl groups excluding tert-OH is 1. The van der Waals surface area contributed by atoms with Gasteiger partial charge in [-0.25, -0.2) is 9.69 Å². The molecule has 0 aliphatic carbocycles. The minimum Gasteiger partial charge on any atom is -0.497 e. The molecule has 0 unspecified atom stereocenters. The summed E-state index contributed by atoms with van der Waals surface area (Å²) in [5, 5.41) is 12.4. The summed E-state index contributed by atoms with van der Waals surface area (Å²) < 4.78 is 55.8. The number of imide groups is 1. The van der Waals surface area contributed by atoms with Crippen molar-refractivity contribution in [2.24, 2.45) is 41.4 Å². The lowest BCUT2D eigenvalue weighted by molar-refractivity contribution is -0.138. The number of allylic oxidation sites excluding steroid dienone is 1. The quantitative estimate of drug-likeness (QED) is 0.0387. The Morgan fingerprint density at radius 1 is 0.653 bits per heavy atom. The van der Waals surface area contributed by atoms with Crippen LogP contribution in [0.15, 0.2) is 66.2 Å². The summed E-state index contributed by atoms with van der Waals surface area (Å²) in [6.45, 7) is 62.8. The highest BCUT2D eigenvalue weighted by Crippen LogP contribution is 2.43. The molecule has 1 N–H and O–H groups in total. The van der Waals surface area contributed by atoms with Gasteiger partial charge in [0.1, 0.15) is 18.5 Å². The first-order chi connectivity index (χ1) is 44.5. The number of aliphatic hydroxyl groups is 1. The first-order valence-electron chi connectivity index (χ1n) is 37.5. The van der Waals surface area contributed by atoms with Crippen molar-refractivity contribution in [2.75, 3.05) is 20.3 Å². The van der Waals surface area contributed by atoms with Crippen LogP contribution in [0.4, 0.5) is 4.79 Å². The molecule has 0 radical (unpaired) electrons. The third kappa shape index (κ3) is 24.0. The standard InChI is InChI=1S/C78H141NO11Si5/c1-29-93(30-2,31-3)86-53-62(18)73(84-54-67-44-47-70(83-25)48-45-67)64(20)74(89-92(28,56(10)11)57(12)13)61(17)50-58(14)49-60(16)72(88-91(26,27)78(22,23)24)59(15)43-46-69(80)52-71(87-94(32-4,33-5)34-6)63(19)75(90-95(35-7,36-8)37-9)65(21)76(81)79-68(55-85-77(79)82)51-66-41-39-38-40-42-66/h38-42,44-45,47-49,56-57,59-65,68-69,71-75,80H,29-37,50-55H2,1-28H3/b58-49-/t59-,60-,61-,62-,63-,64+,65+,68+,69+,71-,72-,73-,74+,75-/m1/s1. The van der Waals surface area contributed by atoms with Crippen molar-refractivity contribution >= 4 is 53.6 Å². The normalized spacial score (nSPS) is 19.0. The van der Waals surface area contributed by atoms with Crippen molar-refractivity contribution in [3.05, 3.63) is 77.4 Å². The highest BCUT2D eigenvalue weighted by atomic mass is 28.4. The Morgan fingerprint density at radius 3 is 1.67 bits per heavy atom. The van der Waals surface area contributed by atoms with E-state index in [2.05, 4.69) is 209 Å².